The number of fused-ring (bicyclic) bond motifs is 1. The molecule has 24 heavy (non-hydrogen) atoms. The maximum atomic E-state index is 12.8. The number of hydrogen-bond acceptors (Lipinski definition) is 3. The fourth-order valence-electron chi connectivity index (χ4n) is 3.87. The van der Waals surface area contributed by atoms with Gasteiger partial charge >= 0.3 is 0 Å². The molecule has 2 aliphatic heterocycles. The second-order valence-corrected chi connectivity index (χ2v) is 6.39. The lowest BCUT2D eigenvalue weighted by Gasteiger charge is -2.22. The van der Waals surface area contributed by atoms with Crippen molar-refractivity contribution >= 4 is 11.6 Å². The van der Waals surface area contributed by atoms with Crippen molar-refractivity contribution in [1.29, 1.82) is 0 Å². The van der Waals surface area contributed by atoms with Gasteiger partial charge in [0.25, 0.3) is 0 Å². The molecule has 1 atom stereocenters. The molecule has 1 amide bonds. The lowest BCUT2D eigenvalue weighted by atomic mass is 9.97. The first-order chi connectivity index (χ1) is 11.8. The molecular formula is C20H22N2O2. The molecule has 1 saturated heterocycles. The minimum absolute atomic E-state index is 0.0223. The summed E-state index contributed by atoms with van der Waals surface area (Å²) in [6.45, 7) is 1.71. The Labute approximate surface area is 142 Å². The minimum atomic E-state index is -0.0223. The number of hydrogen-bond donors (Lipinski definition) is 1. The van der Waals surface area contributed by atoms with Gasteiger partial charge < -0.3 is 15.0 Å². The molecular weight excluding hydrogens is 300 g/mol. The Balaban J connectivity index is 1.72. The molecule has 1 N–H and O–H groups in total. The number of para-hydroxylation sites is 1. The summed E-state index contributed by atoms with van der Waals surface area (Å²) in [5.74, 6) is 1.08. The Bertz CT molecular complexity index is 766. The predicted molar refractivity (Wildman–Crippen MR) is 95.5 cm³/mol. The number of amides is 1. The average Bonchev–Trinajstić information content (AvgIpc) is 3.30. The molecule has 0 spiro atoms. The zero-order valence-corrected chi connectivity index (χ0v) is 13.9. The highest BCUT2D eigenvalue weighted by atomic mass is 16.5. The Morgan fingerprint density at radius 2 is 2.00 bits per heavy atom. The lowest BCUT2D eigenvalue weighted by Crippen LogP contribution is -2.42. The third-order valence-electron chi connectivity index (χ3n) is 5.05. The van der Waals surface area contributed by atoms with Gasteiger partial charge in [0.05, 0.1) is 13.2 Å². The van der Waals surface area contributed by atoms with Crippen LogP contribution in [0.5, 0.6) is 5.75 Å². The molecule has 2 aromatic carbocycles. The molecule has 1 unspecified atom stereocenters. The van der Waals surface area contributed by atoms with E-state index < -0.39 is 0 Å². The van der Waals surface area contributed by atoms with Crippen LogP contribution < -0.4 is 15.0 Å². The zero-order valence-electron chi connectivity index (χ0n) is 13.9. The molecule has 4 nitrogen and oxygen atoms in total. The van der Waals surface area contributed by atoms with E-state index in [-0.39, 0.29) is 11.9 Å². The van der Waals surface area contributed by atoms with E-state index >= 15 is 0 Å². The van der Waals surface area contributed by atoms with Crippen LogP contribution in [-0.4, -0.2) is 32.1 Å². The Kier molecular flexibility index (Phi) is 3.98. The van der Waals surface area contributed by atoms with Crippen LogP contribution in [-0.2, 0) is 11.2 Å². The van der Waals surface area contributed by atoms with Gasteiger partial charge in [0.1, 0.15) is 5.75 Å². The molecule has 0 aromatic heterocycles. The number of nitrogens with zero attached hydrogens (tertiary/aromatic N) is 1. The van der Waals surface area contributed by atoms with Gasteiger partial charge in [-0.15, -0.1) is 0 Å². The third kappa shape index (κ3) is 2.47. The summed E-state index contributed by atoms with van der Waals surface area (Å²) in [4.78, 5) is 14.8. The van der Waals surface area contributed by atoms with Crippen LogP contribution >= 0.6 is 0 Å². The number of carbonyl (C=O) groups excluding carboxylic acids is 1. The van der Waals surface area contributed by atoms with Crippen LogP contribution in [0.15, 0.2) is 42.5 Å². The van der Waals surface area contributed by atoms with Crippen LogP contribution in [0.1, 0.15) is 18.4 Å². The fourth-order valence-corrected chi connectivity index (χ4v) is 3.87. The van der Waals surface area contributed by atoms with Gasteiger partial charge in [0.15, 0.2) is 0 Å². The Morgan fingerprint density at radius 1 is 1.17 bits per heavy atom. The summed E-state index contributed by atoms with van der Waals surface area (Å²) in [7, 11) is 1.70. The maximum absolute atomic E-state index is 12.8. The van der Waals surface area contributed by atoms with Crippen LogP contribution in [0, 0.1) is 0 Å². The monoisotopic (exact) mass is 322 g/mol. The van der Waals surface area contributed by atoms with Crippen molar-refractivity contribution in [1.82, 2.24) is 5.32 Å². The van der Waals surface area contributed by atoms with Crippen LogP contribution in [0.25, 0.3) is 11.1 Å². The number of carbonyl (C=O) groups is 1. The fraction of sp³-hybridized carbons (Fsp3) is 0.350. The Hall–Kier alpha value is -2.33. The van der Waals surface area contributed by atoms with Crippen molar-refractivity contribution in [2.24, 2.45) is 0 Å². The molecule has 2 heterocycles. The molecule has 2 aliphatic rings. The summed E-state index contributed by atoms with van der Waals surface area (Å²) in [6, 6.07) is 14.3. The number of methoxy groups -OCH3 is 1. The van der Waals surface area contributed by atoms with E-state index in [1.807, 2.05) is 29.2 Å². The highest BCUT2D eigenvalue weighted by Crippen LogP contribution is 2.39. The normalized spacial score (nSPS) is 19.4. The quantitative estimate of drug-likeness (QED) is 0.944. The van der Waals surface area contributed by atoms with Crippen molar-refractivity contribution < 1.29 is 9.53 Å². The number of ether oxygens (including phenoxy) is 1. The highest BCUT2D eigenvalue weighted by Gasteiger charge is 2.32. The smallest absolute Gasteiger partial charge is 0.244 e. The molecule has 1 fully saturated rings. The van der Waals surface area contributed by atoms with E-state index in [2.05, 4.69) is 23.5 Å². The molecule has 2 aromatic rings. The summed E-state index contributed by atoms with van der Waals surface area (Å²) < 4.78 is 5.52. The van der Waals surface area contributed by atoms with Gasteiger partial charge in [-0.05, 0) is 49.1 Å². The Morgan fingerprint density at radius 3 is 2.79 bits per heavy atom. The van der Waals surface area contributed by atoms with E-state index in [1.165, 1.54) is 11.1 Å². The van der Waals surface area contributed by atoms with Gasteiger partial charge in [0.2, 0.25) is 5.91 Å². The van der Waals surface area contributed by atoms with Gasteiger partial charge in [-0.25, -0.2) is 0 Å². The van der Waals surface area contributed by atoms with E-state index in [1.54, 1.807) is 7.11 Å². The van der Waals surface area contributed by atoms with E-state index in [4.69, 9.17) is 4.74 Å². The molecule has 0 aliphatic carbocycles. The largest absolute Gasteiger partial charge is 0.496 e. The first-order valence-corrected chi connectivity index (χ1v) is 8.59. The second-order valence-electron chi connectivity index (χ2n) is 6.39. The molecule has 124 valence electrons. The van der Waals surface area contributed by atoms with Crippen LogP contribution in [0.2, 0.25) is 0 Å². The molecule has 0 saturated carbocycles. The molecule has 4 heteroatoms. The lowest BCUT2D eigenvalue weighted by molar-refractivity contribution is -0.120. The number of anilines is 1. The molecule has 4 rings (SSSR count). The van der Waals surface area contributed by atoms with Crippen molar-refractivity contribution in [3.63, 3.8) is 0 Å². The topological polar surface area (TPSA) is 41.6 Å². The molecule has 0 radical (unpaired) electrons. The number of rotatable bonds is 3. The average molecular weight is 322 g/mol. The van der Waals surface area contributed by atoms with Gasteiger partial charge in [0, 0.05) is 17.8 Å². The third-order valence-corrected chi connectivity index (χ3v) is 5.05. The maximum Gasteiger partial charge on any atom is 0.244 e. The summed E-state index contributed by atoms with van der Waals surface area (Å²) in [6.07, 6.45) is 2.91. The van der Waals surface area contributed by atoms with Crippen LogP contribution in [0.4, 0.5) is 5.69 Å². The van der Waals surface area contributed by atoms with Crippen molar-refractivity contribution in [3.8, 4) is 16.9 Å². The standard InChI is InChI=1S/C20H22N2O2/c1-24-19-10-3-2-6-16(19)14-7-4-9-18-15(14)11-13-22(18)20(23)17-8-5-12-21-17/h2-4,6-7,9-10,17,21H,5,8,11-13H2,1H3. The van der Waals surface area contributed by atoms with E-state index in [0.29, 0.717) is 0 Å². The van der Waals surface area contributed by atoms with Crippen LogP contribution in [0.3, 0.4) is 0 Å². The number of nitrogens with one attached hydrogen (secondary N) is 1. The van der Waals surface area contributed by atoms with Crippen molar-refractivity contribution in [3.05, 3.63) is 48.0 Å². The highest BCUT2D eigenvalue weighted by molar-refractivity contribution is 6.00. The minimum Gasteiger partial charge on any atom is -0.496 e. The van der Waals surface area contributed by atoms with E-state index in [9.17, 15) is 4.79 Å². The second kappa shape index (κ2) is 6.29. The summed E-state index contributed by atoms with van der Waals surface area (Å²) in [5, 5.41) is 3.32. The van der Waals surface area contributed by atoms with Crippen molar-refractivity contribution in [2.45, 2.75) is 25.3 Å². The van der Waals surface area contributed by atoms with Gasteiger partial charge in [-0.3, -0.25) is 4.79 Å². The SMILES string of the molecule is COc1ccccc1-c1cccc2c1CCN2C(=O)C1CCCN1. The first-order valence-electron chi connectivity index (χ1n) is 8.59. The zero-order chi connectivity index (χ0) is 16.5. The van der Waals surface area contributed by atoms with E-state index in [0.717, 1.165) is 49.4 Å². The van der Waals surface area contributed by atoms with Crippen molar-refractivity contribution in [2.75, 3.05) is 25.1 Å². The van der Waals surface area contributed by atoms with Gasteiger partial charge in [-0.1, -0.05) is 30.3 Å². The predicted octanol–water partition coefficient (Wildman–Crippen LogP) is 3.00. The first kappa shape index (κ1) is 15.2. The van der Waals surface area contributed by atoms with Gasteiger partial charge in [-0.2, -0.15) is 0 Å². The molecule has 0 bridgehead atoms. The number of benzene rings is 2. The summed E-state index contributed by atoms with van der Waals surface area (Å²) in [5.41, 5.74) is 4.55. The summed E-state index contributed by atoms with van der Waals surface area (Å²) >= 11 is 0.